The average Bonchev–Trinajstić information content (AvgIpc) is 2.61. The Morgan fingerprint density at radius 1 is 1.22 bits per heavy atom. The Morgan fingerprint density at radius 2 is 1.96 bits per heavy atom. The molecule has 6 heteroatoms. The van der Waals surface area contributed by atoms with Gasteiger partial charge in [0.2, 0.25) is 0 Å². The first-order chi connectivity index (χ1) is 11.2. The third-order valence-corrected chi connectivity index (χ3v) is 4.20. The van der Waals surface area contributed by atoms with Crippen molar-refractivity contribution in [3.8, 4) is 11.5 Å². The van der Waals surface area contributed by atoms with Gasteiger partial charge in [-0.25, -0.2) is 0 Å². The van der Waals surface area contributed by atoms with Crippen molar-refractivity contribution < 1.29 is 23.8 Å². The summed E-state index contributed by atoms with van der Waals surface area (Å²) in [5.74, 6) is 0.797. The maximum atomic E-state index is 12.7. The molecule has 1 aromatic rings. The van der Waals surface area contributed by atoms with Crippen molar-refractivity contribution in [2.45, 2.75) is 19.8 Å². The van der Waals surface area contributed by atoms with E-state index in [4.69, 9.17) is 14.2 Å². The van der Waals surface area contributed by atoms with E-state index in [1.54, 1.807) is 30.0 Å². The third kappa shape index (κ3) is 3.25. The molecule has 0 radical (unpaired) electrons. The van der Waals surface area contributed by atoms with Gasteiger partial charge in [-0.3, -0.25) is 9.59 Å². The highest BCUT2D eigenvalue weighted by atomic mass is 16.6. The zero-order valence-corrected chi connectivity index (χ0v) is 13.2. The van der Waals surface area contributed by atoms with E-state index in [-0.39, 0.29) is 17.8 Å². The largest absolute Gasteiger partial charge is 0.486 e. The number of hydrogen-bond acceptors (Lipinski definition) is 5. The lowest BCUT2D eigenvalue weighted by atomic mass is 9.96. The summed E-state index contributed by atoms with van der Waals surface area (Å²) in [6, 6.07) is 5.36. The molecule has 2 heterocycles. The molecule has 0 aromatic heterocycles. The lowest BCUT2D eigenvalue weighted by Crippen LogP contribution is -2.41. The van der Waals surface area contributed by atoms with Gasteiger partial charge in [-0.05, 0) is 31.9 Å². The van der Waals surface area contributed by atoms with Crippen LogP contribution in [0.1, 0.15) is 30.1 Å². The van der Waals surface area contributed by atoms with Gasteiger partial charge in [-0.2, -0.15) is 0 Å². The van der Waals surface area contributed by atoms with Crippen molar-refractivity contribution in [1.82, 2.24) is 4.90 Å². The molecule has 0 atom stereocenters. The van der Waals surface area contributed by atoms with Crippen molar-refractivity contribution in [2.24, 2.45) is 5.92 Å². The zero-order valence-electron chi connectivity index (χ0n) is 13.2. The van der Waals surface area contributed by atoms with Gasteiger partial charge in [0.05, 0.1) is 18.1 Å². The van der Waals surface area contributed by atoms with Crippen molar-refractivity contribution in [2.75, 3.05) is 32.9 Å². The number of esters is 1. The minimum absolute atomic E-state index is 0.0744. The van der Waals surface area contributed by atoms with Crippen molar-refractivity contribution in [3.63, 3.8) is 0 Å². The van der Waals surface area contributed by atoms with Gasteiger partial charge in [-0.15, -0.1) is 0 Å². The minimum atomic E-state index is -0.159. The van der Waals surface area contributed by atoms with Crippen LogP contribution in [0.2, 0.25) is 0 Å². The maximum Gasteiger partial charge on any atom is 0.309 e. The molecule has 124 valence electrons. The molecule has 0 aliphatic carbocycles. The molecule has 1 amide bonds. The summed E-state index contributed by atoms with van der Waals surface area (Å²) in [5, 5.41) is 0. The Balaban J connectivity index is 1.67. The number of benzene rings is 1. The monoisotopic (exact) mass is 319 g/mol. The van der Waals surface area contributed by atoms with Crippen LogP contribution in [0.15, 0.2) is 18.2 Å². The van der Waals surface area contributed by atoms with Crippen LogP contribution in [-0.2, 0) is 9.53 Å². The van der Waals surface area contributed by atoms with E-state index in [9.17, 15) is 9.59 Å². The molecule has 23 heavy (non-hydrogen) atoms. The fourth-order valence-corrected chi connectivity index (χ4v) is 2.99. The molecule has 2 aliphatic heterocycles. The number of rotatable bonds is 3. The van der Waals surface area contributed by atoms with E-state index in [2.05, 4.69) is 0 Å². The molecule has 0 bridgehead atoms. The van der Waals surface area contributed by atoms with Gasteiger partial charge in [0.25, 0.3) is 5.91 Å². The van der Waals surface area contributed by atoms with Crippen molar-refractivity contribution in [1.29, 1.82) is 0 Å². The molecule has 2 aliphatic rings. The van der Waals surface area contributed by atoms with Crippen molar-refractivity contribution >= 4 is 11.9 Å². The highest BCUT2D eigenvalue weighted by molar-refractivity contribution is 5.98. The summed E-state index contributed by atoms with van der Waals surface area (Å²) in [5.41, 5.74) is 0.525. The SMILES string of the molecule is CCOC(=O)C1CCN(C(=O)c2cccc3c2OCCO3)CC1. The minimum Gasteiger partial charge on any atom is -0.486 e. The number of carbonyl (C=O) groups is 2. The van der Waals surface area contributed by atoms with Gasteiger partial charge in [0.15, 0.2) is 11.5 Å². The predicted molar refractivity (Wildman–Crippen MR) is 82.7 cm³/mol. The number of carbonyl (C=O) groups excluding carboxylic acids is 2. The standard InChI is InChI=1S/C17H21NO5/c1-2-21-17(20)12-6-8-18(9-7-12)16(19)13-4-3-5-14-15(13)23-11-10-22-14/h3-5,12H,2,6-11H2,1H3. The van der Waals surface area contributed by atoms with Crippen LogP contribution >= 0.6 is 0 Å². The molecule has 1 fully saturated rings. The molecule has 3 rings (SSSR count). The second-order valence-corrected chi connectivity index (χ2v) is 5.65. The van der Waals surface area contributed by atoms with E-state index in [0.29, 0.717) is 62.8 Å². The van der Waals surface area contributed by atoms with Gasteiger partial charge < -0.3 is 19.1 Å². The Kier molecular flexibility index (Phi) is 4.69. The summed E-state index contributed by atoms with van der Waals surface area (Å²) < 4.78 is 16.2. The van der Waals surface area contributed by atoms with Crippen LogP contribution < -0.4 is 9.47 Å². The molecule has 1 aromatic carbocycles. The van der Waals surface area contributed by atoms with E-state index in [1.807, 2.05) is 0 Å². The van der Waals surface area contributed by atoms with Gasteiger partial charge >= 0.3 is 5.97 Å². The number of para-hydroxylation sites is 1. The summed E-state index contributed by atoms with van der Waals surface area (Å²) >= 11 is 0. The van der Waals surface area contributed by atoms with Crippen molar-refractivity contribution in [3.05, 3.63) is 23.8 Å². The Hall–Kier alpha value is -2.24. The molecular formula is C17H21NO5. The summed E-state index contributed by atoms with van der Waals surface area (Å²) in [4.78, 5) is 26.3. The topological polar surface area (TPSA) is 65.1 Å². The lowest BCUT2D eigenvalue weighted by Gasteiger charge is -2.31. The summed E-state index contributed by atoms with van der Waals surface area (Å²) in [7, 11) is 0. The van der Waals surface area contributed by atoms with Crippen LogP contribution in [0, 0.1) is 5.92 Å². The first-order valence-electron chi connectivity index (χ1n) is 8.05. The normalized spacial score (nSPS) is 17.7. The van der Waals surface area contributed by atoms with Gasteiger partial charge in [0.1, 0.15) is 13.2 Å². The predicted octanol–water partition coefficient (Wildman–Crippen LogP) is 1.87. The highest BCUT2D eigenvalue weighted by Gasteiger charge is 2.30. The zero-order chi connectivity index (χ0) is 16.2. The van der Waals surface area contributed by atoms with Crippen LogP contribution in [0.4, 0.5) is 0 Å². The Labute approximate surface area is 135 Å². The number of likely N-dealkylation sites (tertiary alicyclic amines) is 1. The fraction of sp³-hybridized carbons (Fsp3) is 0.529. The molecular weight excluding hydrogens is 298 g/mol. The number of nitrogens with zero attached hydrogens (tertiary/aromatic N) is 1. The second kappa shape index (κ2) is 6.89. The summed E-state index contributed by atoms with van der Waals surface area (Å²) in [6.45, 7) is 4.24. The summed E-state index contributed by atoms with van der Waals surface area (Å²) in [6.07, 6.45) is 1.27. The first-order valence-corrected chi connectivity index (χ1v) is 8.05. The smallest absolute Gasteiger partial charge is 0.309 e. The van der Waals surface area contributed by atoms with E-state index >= 15 is 0 Å². The molecule has 0 unspecified atom stereocenters. The molecule has 0 spiro atoms. The number of amides is 1. The number of ether oxygens (including phenoxy) is 3. The maximum absolute atomic E-state index is 12.7. The second-order valence-electron chi connectivity index (χ2n) is 5.65. The van der Waals surface area contributed by atoms with Crippen LogP contribution in [0.5, 0.6) is 11.5 Å². The van der Waals surface area contributed by atoms with Crippen LogP contribution in [0.3, 0.4) is 0 Å². The first kappa shape index (κ1) is 15.6. The quantitative estimate of drug-likeness (QED) is 0.796. The highest BCUT2D eigenvalue weighted by Crippen LogP contribution is 2.34. The number of fused-ring (bicyclic) bond motifs is 1. The van der Waals surface area contributed by atoms with E-state index < -0.39 is 0 Å². The van der Waals surface area contributed by atoms with Gasteiger partial charge in [0, 0.05) is 13.1 Å². The van der Waals surface area contributed by atoms with E-state index in [0.717, 1.165) is 0 Å². The number of piperidine rings is 1. The van der Waals surface area contributed by atoms with Gasteiger partial charge in [-0.1, -0.05) is 6.07 Å². The fourth-order valence-electron chi connectivity index (χ4n) is 2.99. The van der Waals surface area contributed by atoms with Crippen LogP contribution in [0.25, 0.3) is 0 Å². The Morgan fingerprint density at radius 3 is 2.70 bits per heavy atom. The third-order valence-electron chi connectivity index (χ3n) is 4.20. The molecule has 1 saturated heterocycles. The van der Waals surface area contributed by atoms with E-state index in [1.165, 1.54) is 0 Å². The Bertz CT molecular complexity index is 593. The number of hydrogen-bond donors (Lipinski definition) is 0. The van der Waals surface area contributed by atoms with Crippen LogP contribution in [-0.4, -0.2) is 49.7 Å². The molecule has 6 nitrogen and oxygen atoms in total. The average molecular weight is 319 g/mol. The lowest BCUT2D eigenvalue weighted by molar-refractivity contribution is -0.149. The molecule has 0 N–H and O–H groups in total. The molecule has 0 saturated carbocycles.